The van der Waals surface area contributed by atoms with Crippen LogP contribution in [0.25, 0.3) is 0 Å². The van der Waals surface area contributed by atoms with Crippen molar-refractivity contribution < 1.29 is 4.42 Å². The number of rotatable bonds is 7. The summed E-state index contributed by atoms with van der Waals surface area (Å²) in [4.78, 5) is 9.46. The Labute approximate surface area is 158 Å². The van der Waals surface area contributed by atoms with E-state index in [9.17, 15) is 0 Å². The summed E-state index contributed by atoms with van der Waals surface area (Å²) in [6, 6.07) is 4.33. The van der Waals surface area contributed by atoms with Crippen molar-refractivity contribution in [3.63, 3.8) is 0 Å². The number of nitrogens with zero attached hydrogens (tertiary/aromatic N) is 3. The molecule has 1 aromatic rings. The van der Waals surface area contributed by atoms with Crippen LogP contribution in [0.2, 0.25) is 0 Å². The predicted octanol–water partition coefficient (Wildman–Crippen LogP) is 2.31. The molecular formula is C20H35N5O. The zero-order valence-electron chi connectivity index (χ0n) is 16.4. The summed E-state index contributed by atoms with van der Waals surface area (Å²) < 4.78 is 5.70. The quantitative estimate of drug-likeness (QED) is 0.577. The summed E-state index contributed by atoms with van der Waals surface area (Å²) in [5.41, 5.74) is 0. The second-order valence-corrected chi connectivity index (χ2v) is 7.70. The number of aliphatic imine (C=N–C) groups is 1. The van der Waals surface area contributed by atoms with Gasteiger partial charge in [0.25, 0.3) is 0 Å². The second kappa shape index (κ2) is 9.97. The Morgan fingerprint density at radius 2 is 2.12 bits per heavy atom. The van der Waals surface area contributed by atoms with E-state index in [-0.39, 0.29) is 6.04 Å². The molecule has 26 heavy (non-hydrogen) atoms. The summed E-state index contributed by atoms with van der Waals surface area (Å²) in [6.45, 7) is 9.93. The predicted molar refractivity (Wildman–Crippen MR) is 106 cm³/mol. The van der Waals surface area contributed by atoms with Gasteiger partial charge in [0, 0.05) is 33.2 Å². The molecule has 6 heteroatoms. The van der Waals surface area contributed by atoms with Crippen molar-refractivity contribution in [2.24, 2.45) is 10.9 Å². The number of likely N-dealkylation sites (tertiary alicyclic amines) is 2. The fraction of sp³-hybridized carbons (Fsp3) is 0.750. The smallest absolute Gasteiger partial charge is 0.191 e. The van der Waals surface area contributed by atoms with Gasteiger partial charge in [0.2, 0.25) is 0 Å². The Morgan fingerprint density at radius 1 is 1.27 bits per heavy atom. The Kier molecular flexibility index (Phi) is 7.38. The minimum atomic E-state index is 0.272. The van der Waals surface area contributed by atoms with Gasteiger partial charge >= 0.3 is 0 Å². The van der Waals surface area contributed by atoms with Crippen LogP contribution in [-0.4, -0.2) is 68.6 Å². The van der Waals surface area contributed by atoms with Crippen LogP contribution in [0.5, 0.6) is 0 Å². The lowest BCUT2D eigenvalue weighted by Crippen LogP contribution is -2.45. The maximum absolute atomic E-state index is 5.70. The fourth-order valence-electron chi connectivity index (χ4n) is 4.18. The highest BCUT2D eigenvalue weighted by atomic mass is 16.3. The highest BCUT2D eigenvalue weighted by Gasteiger charge is 2.25. The third-order valence-electron chi connectivity index (χ3n) is 5.60. The van der Waals surface area contributed by atoms with E-state index >= 15 is 0 Å². The van der Waals surface area contributed by atoms with Gasteiger partial charge < -0.3 is 20.0 Å². The van der Waals surface area contributed by atoms with Gasteiger partial charge in [-0.3, -0.25) is 9.89 Å². The lowest BCUT2D eigenvalue weighted by atomic mass is 10.0. The summed E-state index contributed by atoms with van der Waals surface area (Å²) in [5, 5.41) is 6.97. The van der Waals surface area contributed by atoms with Gasteiger partial charge in [0.15, 0.2) is 5.96 Å². The third-order valence-corrected chi connectivity index (χ3v) is 5.60. The van der Waals surface area contributed by atoms with Crippen LogP contribution in [-0.2, 0) is 0 Å². The zero-order chi connectivity index (χ0) is 18.2. The van der Waals surface area contributed by atoms with Crippen molar-refractivity contribution in [1.29, 1.82) is 0 Å². The maximum atomic E-state index is 5.70. The summed E-state index contributed by atoms with van der Waals surface area (Å²) in [7, 11) is 1.84. The molecular weight excluding hydrogens is 326 g/mol. The Morgan fingerprint density at radius 3 is 2.81 bits per heavy atom. The van der Waals surface area contributed by atoms with E-state index in [0.717, 1.165) is 50.4 Å². The van der Waals surface area contributed by atoms with Gasteiger partial charge in [0.1, 0.15) is 5.76 Å². The zero-order valence-corrected chi connectivity index (χ0v) is 16.4. The van der Waals surface area contributed by atoms with E-state index in [1.807, 2.05) is 13.1 Å². The van der Waals surface area contributed by atoms with Crippen LogP contribution in [0.15, 0.2) is 27.8 Å². The molecule has 2 aliphatic heterocycles. The van der Waals surface area contributed by atoms with Gasteiger partial charge in [0.05, 0.1) is 12.3 Å². The first-order chi connectivity index (χ1) is 12.8. The Balaban J connectivity index is 1.44. The average Bonchev–Trinajstić information content (AvgIpc) is 3.35. The molecule has 2 N–H and O–H groups in total. The van der Waals surface area contributed by atoms with Gasteiger partial charge in [-0.15, -0.1) is 0 Å². The monoisotopic (exact) mass is 361 g/mol. The molecule has 0 bridgehead atoms. The normalized spacial score (nSPS) is 23.9. The first-order valence-electron chi connectivity index (χ1n) is 10.2. The molecule has 0 radical (unpaired) electrons. The van der Waals surface area contributed by atoms with Gasteiger partial charge in [-0.05, 0) is 63.4 Å². The first-order valence-corrected chi connectivity index (χ1v) is 10.2. The van der Waals surface area contributed by atoms with Crippen molar-refractivity contribution in [2.45, 2.75) is 38.6 Å². The average molecular weight is 362 g/mol. The van der Waals surface area contributed by atoms with Crippen LogP contribution < -0.4 is 10.6 Å². The number of hydrogen-bond donors (Lipinski definition) is 2. The van der Waals surface area contributed by atoms with E-state index in [1.165, 1.54) is 38.8 Å². The van der Waals surface area contributed by atoms with E-state index in [0.29, 0.717) is 0 Å². The lowest BCUT2D eigenvalue weighted by Gasteiger charge is -2.31. The molecule has 1 aromatic heterocycles. The highest BCUT2D eigenvalue weighted by molar-refractivity contribution is 5.79. The number of guanidine groups is 1. The van der Waals surface area contributed by atoms with Crippen LogP contribution in [0.1, 0.15) is 44.4 Å². The minimum Gasteiger partial charge on any atom is -0.468 e. The second-order valence-electron chi connectivity index (χ2n) is 7.70. The molecule has 2 saturated heterocycles. The first kappa shape index (κ1) is 19.2. The molecule has 0 aromatic carbocycles. The molecule has 3 heterocycles. The van der Waals surface area contributed by atoms with Crippen LogP contribution in [0.4, 0.5) is 0 Å². The highest BCUT2D eigenvalue weighted by Crippen LogP contribution is 2.24. The Bertz CT molecular complexity index is 538. The van der Waals surface area contributed by atoms with Crippen molar-refractivity contribution in [1.82, 2.24) is 20.4 Å². The lowest BCUT2D eigenvalue weighted by molar-refractivity contribution is 0.186. The number of hydrogen-bond acceptors (Lipinski definition) is 4. The minimum absolute atomic E-state index is 0.272. The summed E-state index contributed by atoms with van der Waals surface area (Å²) in [5.74, 6) is 2.75. The van der Waals surface area contributed by atoms with Crippen LogP contribution in [0, 0.1) is 5.92 Å². The maximum Gasteiger partial charge on any atom is 0.191 e. The fourth-order valence-corrected chi connectivity index (χ4v) is 4.18. The van der Waals surface area contributed by atoms with E-state index in [2.05, 4.69) is 38.4 Å². The van der Waals surface area contributed by atoms with Crippen LogP contribution in [0.3, 0.4) is 0 Å². The molecule has 146 valence electrons. The molecule has 2 unspecified atom stereocenters. The summed E-state index contributed by atoms with van der Waals surface area (Å²) in [6.07, 6.45) is 7.02. The van der Waals surface area contributed by atoms with Gasteiger partial charge in [-0.2, -0.15) is 0 Å². The standard InChI is InChI=1S/C20H35N5O/c1-17-7-5-10-24(16-17)13-9-22-20(21-2)23-15-18(19-8-6-14-26-19)25-11-3-4-12-25/h6,8,14,17-18H,3-5,7,9-13,15-16H2,1-2H3,(H2,21,22,23). The molecule has 0 amide bonds. The number of nitrogens with one attached hydrogen (secondary N) is 2. The molecule has 2 aliphatic rings. The van der Waals surface area contributed by atoms with Gasteiger partial charge in [-0.1, -0.05) is 6.92 Å². The van der Waals surface area contributed by atoms with Crippen molar-refractivity contribution >= 4 is 5.96 Å². The molecule has 0 saturated carbocycles. The molecule has 0 spiro atoms. The Hall–Kier alpha value is -1.53. The SMILES string of the molecule is CN=C(NCCN1CCCC(C)C1)NCC(c1ccco1)N1CCCC1. The van der Waals surface area contributed by atoms with E-state index < -0.39 is 0 Å². The number of piperidine rings is 1. The summed E-state index contributed by atoms with van der Waals surface area (Å²) >= 11 is 0. The van der Waals surface area contributed by atoms with Gasteiger partial charge in [-0.25, -0.2) is 0 Å². The molecule has 6 nitrogen and oxygen atoms in total. The van der Waals surface area contributed by atoms with Crippen molar-refractivity contribution in [3.8, 4) is 0 Å². The van der Waals surface area contributed by atoms with Crippen LogP contribution >= 0.6 is 0 Å². The largest absolute Gasteiger partial charge is 0.468 e. The molecule has 2 fully saturated rings. The van der Waals surface area contributed by atoms with Crippen molar-refractivity contribution in [2.75, 3.05) is 52.9 Å². The topological polar surface area (TPSA) is 56.0 Å². The number of furan rings is 1. The third kappa shape index (κ3) is 5.48. The van der Waals surface area contributed by atoms with Crippen molar-refractivity contribution in [3.05, 3.63) is 24.2 Å². The molecule has 2 atom stereocenters. The molecule has 3 rings (SSSR count). The van der Waals surface area contributed by atoms with E-state index in [1.54, 1.807) is 6.26 Å². The molecule has 0 aliphatic carbocycles. The van der Waals surface area contributed by atoms with E-state index in [4.69, 9.17) is 4.42 Å².